The molecule has 2 saturated carbocycles. The second kappa shape index (κ2) is 4.95. The number of hydrogen-bond acceptors (Lipinski definition) is 2. The second-order valence-corrected chi connectivity index (χ2v) is 5.69. The predicted octanol–water partition coefficient (Wildman–Crippen LogP) is 3.89. The summed E-state index contributed by atoms with van der Waals surface area (Å²) in [5.74, 6) is 1.72. The summed E-state index contributed by atoms with van der Waals surface area (Å²) in [6.45, 7) is 0. The Bertz CT molecular complexity index is 478. The lowest BCUT2D eigenvalue weighted by molar-refractivity contribution is -0.275. The zero-order valence-corrected chi connectivity index (χ0v) is 11.3. The molecule has 0 amide bonds. The fourth-order valence-electron chi connectivity index (χ4n) is 3.88. The van der Waals surface area contributed by atoms with Gasteiger partial charge in [-0.15, -0.1) is 13.2 Å². The fourth-order valence-corrected chi connectivity index (χ4v) is 3.88. The molecule has 1 aromatic rings. The van der Waals surface area contributed by atoms with Gasteiger partial charge < -0.3 is 10.1 Å². The lowest BCUT2D eigenvalue weighted by Crippen LogP contribution is -2.24. The lowest BCUT2D eigenvalue weighted by atomic mass is 9.96. The lowest BCUT2D eigenvalue weighted by Gasteiger charge is -2.22. The van der Waals surface area contributed by atoms with Crippen LogP contribution in [0.5, 0.6) is 5.75 Å². The molecule has 3 unspecified atom stereocenters. The molecule has 0 saturated heterocycles. The Morgan fingerprint density at radius 3 is 2.45 bits per heavy atom. The molecule has 0 heterocycles. The van der Waals surface area contributed by atoms with Gasteiger partial charge in [0.1, 0.15) is 5.75 Å². The Morgan fingerprint density at radius 2 is 1.85 bits per heavy atom. The zero-order valence-electron chi connectivity index (χ0n) is 11.3. The monoisotopic (exact) mass is 285 g/mol. The van der Waals surface area contributed by atoms with Gasteiger partial charge >= 0.3 is 6.36 Å². The van der Waals surface area contributed by atoms with Crippen LogP contribution in [0.15, 0.2) is 24.3 Å². The molecule has 5 heteroatoms. The summed E-state index contributed by atoms with van der Waals surface area (Å²) in [7, 11) is 1.81. The van der Waals surface area contributed by atoms with Crippen LogP contribution in [-0.4, -0.2) is 13.4 Å². The van der Waals surface area contributed by atoms with Gasteiger partial charge in [-0.1, -0.05) is 24.6 Å². The molecular formula is C15H18F3NO. The van der Waals surface area contributed by atoms with Crippen LogP contribution in [-0.2, 0) is 0 Å². The molecule has 0 spiro atoms. The summed E-state index contributed by atoms with van der Waals surface area (Å²) in [6, 6.07) is 6.41. The van der Waals surface area contributed by atoms with E-state index in [9.17, 15) is 13.2 Å². The molecule has 2 aliphatic rings. The van der Waals surface area contributed by atoms with E-state index < -0.39 is 6.36 Å². The van der Waals surface area contributed by atoms with Gasteiger partial charge in [-0.2, -0.15) is 0 Å². The largest absolute Gasteiger partial charge is 0.573 e. The Kier molecular flexibility index (Phi) is 3.40. The number of rotatable bonds is 4. The van der Waals surface area contributed by atoms with Crippen molar-refractivity contribution in [1.29, 1.82) is 0 Å². The van der Waals surface area contributed by atoms with Crippen LogP contribution in [0.1, 0.15) is 30.9 Å². The van der Waals surface area contributed by atoms with E-state index in [-0.39, 0.29) is 11.8 Å². The summed E-state index contributed by atoms with van der Waals surface area (Å²) >= 11 is 0. The molecule has 0 bridgehead atoms. The van der Waals surface area contributed by atoms with Gasteiger partial charge in [-0.05, 0) is 43.7 Å². The predicted molar refractivity (Wildman–Crippen MR) is 69.2 cm³/mol. The van der Waals surface area contributed by atoms with Crippen molar-refractivity contribution in [2.75, 3.05) is 7.05 Å². The van der Waals surface area contributed by atoms with Crippen molar-refractivity contribution < 1.29 is 17.9 Å². The van der Waals surface area contributed by atoms with Crippen molar-refractivity contribution in [3.63, 3.8) is 0 Å². The molecular weight excluding hydrogens is 267 g/mol. The minimum atomic E-state index is -4.65. The number of para-hydroxylation sites is 1. The van der Waals surface area contributed by atoms with E-state index in [0.717, 1.165) is 0 Å². The smallest absolute Gasteiger partial charge is 0.405 e. The minimum Gasteiger partial charge on any atom is -0.405 e. The Labute approximate surface area is 116 Å². The molecule has 1 N–H and O–H groups in total. The van der Waals surface area contributed by atoms with Crippen LogP contribution in [0, 0.1) is 17.8 Å². The maximum Gasteiger partial charge on any atom is 0.573 e. The van der Waals surface area contributed by atoms with Gasteiger partial charge in [0.2, 0.25) is 0 Å². The first-order chi connectivity index (χ1) is 9.51. The standard InChI is InChI=1S/C15H18F3NO/c1-19-14(13-9-6-4-7-10(9)13)11-5-2-3-8-12(11)20-15(16,17)18/h2-3,5,8-10,13-14,19H,4,6-7H2,1H3. The summed E-state index contributed by atoms with van der Waals surface area (Å²) in [5.41, 5.74) is 0.617. The Hall–Kier alpha value is -1.23. The summed E-state index contributed by atoms with van der Waals surface area (Å²) in [4.78, 5) is 0. The maximum atomic E-state index is 12.5. The van der Waals surface area contributed by atoms with Crippen molar-refractivity contribution in [2.24, 2.45) is 17.8 Å². The number of nitrogens with one attached hydrogen (secondary N) is 1. The van der Waals surface area contributed by atoms with Gasteiger partial charge in [0.25, 0.3) is 0 Å². The van der Waals surface area contributed by atoms with Crippen LogP contribution >= 0.6 is 0 Å². The first kappa shape index (κ1) is 13.7. The molecule has 1 aromatic carbocycles. The number of halogens is 3. The highest BCUT2D eigenvalue weighted by Crippen LogP contribution is 2.62. The normalized spacial score (nSPS) is 29.9. The highest BCUT2D eigenvalue weighted by Gasteiger charge is 2.56. The van der Waals surface area contributed by atoms with Crippen molar-refractivity contribution >= 4 is 0 Å². The quantitative estimate of drug-likeness (QED) is 0.906. The summed E-state index contributed by atoms with van der Waals surface area (Å²) < 4.78 is 41.7. The third-order valence-electron chi connectivity index (χ3n) is 4.65. The molecule has 20 heavy (non-hydrogen) atoms. The van der Waals surface area contributed by atoms with E-state index in [2.05, 4.69) is 10.1 Å². The molecule has 3 atom stereocenters. The molecule has 3 rings (SSSR count). The average Bonchev–Trinajstić information content (AvgIpc) is 2.83. The van der Waals surface area contributed by atoms with E-state index in [1.807, 2.05) is 7.05 Å². The molecule has 2 aliphatic carbocycles. The third kappa shape index (κ3) is 2.51. The van der Waals surface area contributed by atoms with Crippen LogP contribution in [0.2, 0.25) is 0 Å². The Balaban J connectivity index is 1.84. The summed E-state index contributed by atoms with van der Waals surface area (Å²) in [6.07, 6.45) is -0.984. The Morgan fingerprint density at radius 1 is 1.20 bits per heavy atom. The van der Waals surface area contributed by atoms with E-state index in [4.69, 9.17) is 0 Å². The van der Waals surface area contributed by atoms with Crippen molar-refractivity contribution in [1.82, 2.24) is 5.32 Å². The fraction of sp³-hybridized carbons (Fsp3) is 0.600. The second-order valence-electron chi connectivity index (χ2n) is 5.69. The van der Waals surface area contributed by atoms with Crippen molar-refractivity contribution in [3.05, 3.63) is 29.8 Å². The zero-order chi connectivity index (χ0) is 14.3. The molecule has 0 aliphatic heterocycles. The van der Waals surface area contributed by atoms with E-state index in [1.165, 1.54) is 25.3 Å². The molecule has 2 nitrogen and oxygen atoms in total. The number of ether oxygens (including phenoxy) is 1. The number of hydrogen-bond donors (Lipinski definition) is 1. The first-order valence-electron chi connectivity index (χ1n) is 7.03. The first-order valence-corrected chi connectivity index (χ1v) is 7.03. The van der Waals surface area contributed by atoms with Gasteiger partial charge in [-0.3, -0.25) is 0 Å². The van der Waals surface area contributed by atoms with Gasteiger partial charge in [0.15, 0.2) is 0 Å². The topological polar surface area (TPSA) is 21.3 Å². The molecule has 110 valence electrons. The van der Waals surface area contributed by atoms with Gasteiger partial charge in [0.05, 0.1) is 0 Å². The number of alkyl halides is 3. The van der Waals surface area contributed by atoms with E-state index in [1.54, 1.807) is 18.2 Å². The van der Waals surface area contributed by atoms with Gasteiger partial charge in [-0.25, -0.2) is 0 Å². The van der Waals surface area contributed by atoms with Crippen LogP contribution in [0.25, 0.3) is 0 Å². The average molecular weight is 285 g/mol. The maximum absolute atomic E-state index is 12.5. The highest BCUT2D eigenvalue weighted by molar-refractivity contribution is 5.38. The van der Waals surface area contributed by atoms with E-state index in [0.29, 0.717) is 23.3 Å². The molecule has 2 fully saturated rings. The number of benzene rings is 1. The van der Waals surface area contributed by atoms with Crippen molar-refractivity contribution in [3.8, 4) is 5.75 Å². The SMILES string of the molecule is CNC(c1ccccc1OC(F)(F)F)C1C2CCCC21. The third-order valence-corrected chi connectivity index (χ3v) is 4.65. The van der Waals surface area contributed by atoms with Crippen LogP contribution < -0.4 is 10.1 Å². The minimum absolute atomic E-state index is 0.0520. The molecule has 0 aromatic heterocycles. The van der Waals surface area contributed by atoms with E-state index >= 15 is 0 Å². The van der Waals surface area contributed by atoms with Crippen LogP contribution in [0.3, 0.4) is 0 Å². The molecule has 0 radical (unpaired) electrons. The highest BCUT2D eigenvalue weighted by atomic mass is 19.4. The van der Waals surface area contributed by atoms with Crippen molar-refractivity contribution in [2.45, 2.75) is 31.7 Å². The van der Waals surface area contributed by atoms with Crippen LogP contribution in [0.4, 0.5) is 13.2 Å². The van der Waals surface area contributed by atoms with Gasteiger partial charge in [0, 0.05) is 11.6 Å². The summed E-state index contributed by atoms with van der Waals surface area (Å²) in [5, 5.41) is 3.19. The number of fused-ring (bicyclic) bond motifs is 1.